The molecule has 0 saturated carbocycles. The maximum absolute atomic E-state index is 5.06. The smallest absolute Gasteiger partial charge is 0.113 e. The summed E-state index contributed by atoms with van der Waals surface area (Å²) in [5.74, 6) is 0. The van der Waals surface area contributed by atoms with E-state index in [4.69, 9.17) is 4.74 Å². The first kappa shape index (κ1) is 12.6. The topological polar surface area (TPSA) is 34.1 Å². The summed E-state index contributed by atoms with van der Waals surface area (Å²) >= 11 is 1.72. The van der Waals surface area contributed by atoms with Gasteiger partial charge in [0.25, 0.3) is 0 Å². The van der Waals surface area contributed by atoms with Crippen LogP contribution in [0, 0.1) is 0 Å². The molecule has 1 heterocycles. The Hall–Kier alpha value is -0.450. The Balaban J connectivity index is 2.69. The van der Waals surface area contributed by atoms with Crippen molar-refractivity contribution in [1.82, 2.24) is 10.3 Å². The van der Waals surface area contributed by atoms with Crippen LogP contribution < -0.4 is 5.32 Å². The van der Waals surface area contributed by atoms with Crippen molar-refractivity contribution in [2.45, 2.75) is 32.2 Å². The van der Waals surface area contributed by atoms with Gasteiger partial charge in [0.2, 0.25) is 0 Å². The number of thiazole rings is 1. The molecule has 0 fully saturated rings. The number of rotatable bonds is 7. The molecule has 1 aromatic heterocycles. The van der Waals surface area contributed by atoms with E-state index in [1.165, 1.54) is 5.01 Å². The minimum atomic E-state index is 0.0344. The Morgan fingerprint density at radius 1 is 1.47 bits per heavy atom. The lowest BCUT2D eigenvalue weighted by atomic mass is 9.93. The highest BCUT2D eigenvalue weighted by molar-refractivity contribution is 7.09. The van der Waals surface area contributed by atoms with Crippen molar-refractivity contribution in [3.63, 3.8) is 0 Å². The number of methoxy groups -OCH3 is 1. The third-order valence-electron chi connectivity index (χ3n) is 2.82. The molecule has 1 aromatic rings. The van der Waals surface area contributed by atoms with Crippen LogP contribution in [0.5, 0.6) is 0 Å². The van der Waals surface area contributed by atoms with Crippen molar-refractivity contribution in [1.29, 1.82) is 0 Å². The van der Waals surface area contributed by atoms with Gasteiger partial charge in [-0.05, 0) is 12.8 Å². The predicted molar refractivity (Wildman–Crippen MR) is 64.3 cm³/mol. The van der Waals surface area contributed by atoms with Gasteiger partial charge in [0.15, 0.2) is 0 Å². The minimum absolute atomic E-state index is 0.0344. The van der Waals surface area contributed by atoms with E-state index in [1.807, 2.05) is 11.6 Å². The summed E-state index contributed by atoms with van der Waals surface area (Å²) in [6.45, 7) is 6.01. The summed E-state index contributed by atoms with van der Waals surface area (Å²) in [5, 5.41) is 6.78. The fraction of sp³-hybridized carbons (Fsp3) is 0.727. The molecule has 0 aliphatic carbocycles. The fourth-order valence-electron chi connectivity index (χ4n) is 1.73. The zero-order valence-corrected chi connectivity index (χ0v) is 10.6. The quantitative estimate of drug-likeness (QED) is 0.728. The maximum atomic E-state index is 5.06. The Morgan fingerprint density at radius 3 is 2.67 bits per heavy atom. The Bertz CT molecular complexity index is 258. The van der Waals surface area contributed by atoms with Gasteiger partial charge in [0, 0.05) is 25.2 Å². The SMILES string of the molecule is CCC(CC)(NCCOC)c1nccs1. The average Bonchev–Trinajstić information content (AvgIpc) is 2.79. The molecule has 0 radical (unpaired) electrons. The Labute approximate surface area is 95.9 Å². The lowest BCUT2D eigenvalue weighted by molar-refractivity contribution is 0.180. The van der Waals surface area contributed by atoms with Crippen molar-refractivity contribution < 1.29 is 4.74 Å². The molecule has 0 aliphatic rings. The zero-order valence-electron chi connectivity index (χ0n) is 9.75. The number of nitrogens with zero attached hydrogens (tertiary/aromatic N) is 1. The first-order valence-corrected chi connectivity index (χ1v) is 6.31. The van der Waals surface area contributed by atoms with E-state index >= 15 is 0 Å². The van der Waals surface area contributed by atoms with Gasteiger partial charge in [-0.3, -0.25) is 0 Å². The van der Waals surface area contributed by atoms with Crippen LogP contribution in [0.1, 0.15) is 31.7 Å². The highest BCUT2D eigenvalue weighted by atomic mass is 32.1. The summed E-state index contributed by atoms with van der Waals surface area (Å²) in [4.78, 5) is 4.42. The number of hydrogen-bond acceptors (Lipinski definition) is 4. The minimum Gasteiger partial charge on any atom is -0.383 e. The molecule has 0 atom stereocenters. The molecule has 4 heteroatoms. The molecule has 0 saturated heterocycles. The average molecular weight is 228 g/mol. The monoisotopic (exact) mass is 228 g/mol. The molecule has 0 aromatic carbocycles. The summed E-state index contributed by atoms with van der Waals surface area (Å²) in [7, 11) is 1.73. The lowest BCUT2D eigenvalue weighted by Crippen LogP contribution is -2.42. The molecule has 3 nitrogen and oxygen atoms in total. The van der Waals surface area contributed by atoms with Gasteiger partial charge < -0.3 is 10.1 Å². The third kappa shape index (κ3) is 3.00. The van der Waals surface area contributed by atoms with Gasteiger partial charge in [0.1, 0.15) is 5.01 Å². The van der Waals surface area contributed by atoms with Crippen molar-refractivity contribution in [2.24, 2.45) is 0 Å². The molecule has 86 valence electrons. The van der Waals surface area contributed by atoms with E-state index in [9.17, 15) is 0 Å². The maximum Gasteiger partial charge on any atom is 0.113 e. The number of ether oxygens (including phenoxy) is 1. The van der Waals surface area contributed by atoms with E-state index in [0.717, 1.165) is 26.0 Å². The molecule has 0 amide bonds. The lowest BCUT2D eigenvalue weighted by Gasteiger charge is -2.30. The van der Waals surface area contributed by atoms with E-state index in [1.54, 1.807) is 18.4 Å². The van der Waals surface area contributed by atoms with E-state index < -0.39 is 0 Å². The molecular formula is C11H20N2OS. The number of nitrogens with one attached hydrogen (secondary N) is 1. The van der Waals surface area contributed by atoms with Crippen molar-refractivity contribution in [3.8, 4) is 0 Å². The van der Waals surface area contributed by atoms with Gasteiger partial charge >= 0.3 is 0 Å². The molecule has 0 bridgehead atoms. The zero-order chi connectivity index (χ0) is 11.1. The molecule has 1 N–H and O–H groups in total. The fourth-order valence-corrected chi connectivity index (χ4v) is 2.69. The molecule has 1 rings (SSSR count). The number of aromatic nitrogens is 1. The highest BCUT2D eigenvalue weighted by Crippen LogP contribution is 2.29. The van der Waals surface area contributed by atoms with E-state index in [-0.39, 0.29) is 5.54 Å². The molecule has 0 unspecified atom stereocenters. The van der Waals surface area contributed by atoms with Crippen molar-refractivity contribution >= 4 is 11.3 Å². The second-order valence-corrected chi connectivity index (χ2v) is 4.44. The molecule has 0 aliphatic heterocycles. The second kappa shape index (κ2) is 6.20. The number of hydrogen-bond donors (Lipinski definition) is 1. The molecular weight excluding hydrogens is 208 g/mol. The largest absolute Gasteiger partial charge is 0.383 e. The summed E-state index contributed by atoms with van der Waals surface area (Å²) in [6.07, 6.45) is 3.99. The summed E-state index contributed by atoms with van der Waals surface area (Å²) in [5.41, 5.74) is 0.0344. The van der Waals surface area contributed by atoms with Crippen LogP contribution in [0.15, 0.2) is 11.6 Å². The van der Waals surface area contributed by atoms with Gasteiger partial charge in [-0.2, -0.15) is 0 Å². The van der Waals surface area contributed by atoms with Gasteiger partial charge in [-0.25, -0.2) is 4.98 Å². The molecule has 15 heavy (non-hydrogen) atoms. The van der Waals surface area contributed by atoms with E-state index in [2.05, 4.69) is 24.1 Å². The predicted octanol–water partition coefficient (Wildman–Crippen LogP) is 2.39. The van der Waals surface area contributed by atoms with Crippen LogP contribution in [-0.4, -0.2) is 25.2 Å². The van der Waals surface area contributed by atoms with Crippen LogP contribution in [0.2, 0.25) is 0 Å². The third-order valence-corrected chi connectivity index (χ3v) is 3.80. The first-order chi connectivity index (χ1) is 7.29. The van der Waals surface area contributed by atoms with Gasteiger partial charge in [-0.15, -0.1) is 11.3 Å². The first-order valence-electron chi connectivity index (χ1n) is 5.43. The Morgan fingerprint density at radius 2 is 2.20 bits per heavy atom. The summed E-state index contributed by atoms with van der Waals surface area (Å²) < 4.78 is 5.06. The van der Waals surface area contributed by atoms with Crippen LogP contribution in [0.4, 0.5) is 0 Å². The standard InChI is InChI=1S/C11H20N2OS/c1-4-11(5-2,13-6-8-14-3)10-12-7-9-15-10/h7,9,13H,4-6,8H2,1-3H3. The second-order valence-electron chi connectivity index (χ2n) is 3.55. The van der Waals surface area contributed by atoms with Crippen molar-refractivity contribution in [2.75, 3.05) is 20.3 Å². The normalized spacial score (nSPS) is 11.9. The van der Waals surface area contributed by atoms with Crippen LogP contribution in [0.25, 0.3) is 0 Å². The summed E-state index contributed by atoms with van der Waals surface area (Å²) in [6, 6.07) is 0. The van der Waals surface area contributed by atoms with Crippen molar-refractivity contribution in [3.05, 3.63) is 16.6 Å². The Kier molecular flexibility index (Phi) is 5.22. The molecule has 0 spiro atoms. The highest BCUT2D eigenvalue weighted by Gasteiger charge is 2.29. The van der Waals surface area contributed by atoms with Crippen LogP contribution >= 0.6 is 11.3 Å². The van der Waals surface area contributed by atoms with Crippen LogP contribution in [-0.2, 0) is 10.3 Å². The van der Waals surface area contributed by atoms with Gasteiger partial charge in [0.05, 0.1) is 12.1 Å². The van der Waals surface area contributed by atoms with Gasteiger partial charge in [-0.1, -0.05) is 13.8 Å². The van der Waals surface area contributed by atoms with Crippen LogP contribution in [0.3, 0.4) is 0 Å². The van der Waals surface area contributed by atoms with E-state index in [0.29, 0.717) is 0 Å².